The lowest BCUT2D eigenvalue weighted by atomic mass is 10.0. The van der Waals surface area contributed by atoms with Crippen LogP contribution in [0.5, 0.6) is 11.5 Å². The van der Waals surface area contributed by atoms with E-state index in [0.717, 1.165) is 59.2 Å². The van der Waals surface area contributed by atoms with Crippen molar-refractivity contribution >= 4 is 26.7 Å². The Morgan fingerprint density at radius 2 is 1.46 bits per heavy atom. The van der Waals surface area contributed by atoms with Crippen LogP contribution in [-0.4, -0.2) is 18.5 Å². The summed E-state index contributed by atoms with van der Waals surface area (Å²) in [5, 5.41) is 3.38. The Bertz CT molecular complexity index is 654. The molecule has 0 atom stereocenters. The maximum atomic E-state index is 6.18. The van der Waals surface area contributed by atoms with Crippen LogP contribution in [0, 0.1) is 6.92 Å². The fourth-order valence-electron chi connectivity index (χ4n) is 3.19. The summed E-state index contributed by atoms with van der Waals surface area (Å²) < 4.78 is 12.3. The fraction of sp³-hybridized carbons (Fsp3) is 0.565. The van der Waals surface area contributed by atoms with Crippen LogP contribution in [0.1, 0.15) is 63.9 Å². The topological polar surface area (TPSA) is 18.5 Å². The molecule has 0 bridgehead atoms. The van der Waals surface area contributed by atoms with Crippen LogP contribution in [0.3, 0.4) is 0 Å². The highest BCUT2D eigenvalue weighted by atomic mass is 79.9. The first-order valence-corrected chi connectivity index (χ1v) is 11.2. The highest BCUT2D eigenvalue weighted by Crippen LogP contribution is 2.36. The largest absolute Gasteiger partial charge is 0.493 e. The average molecular weight is 421 g/mol. The molecule has 2 aromatic rings. The van der Waals surface area contributed by atoms with Crippen LogP contribution in [0.15, 0.2) is 30.3 Å². The first-order chi connectivity index (χ1) is 12.8. The molecule has 26 heavy (non-hydrogen) atoms. The Balaban J connectivity index is 2.02. The smallest absolute Gasteiger partial charge is 0.130 e. The molecule has 0 fully saturated rings. The molecule has 0 aromatic heterocycles. The maximum Gasteiger partial charge on any atom is 0.130 e. The lowest BCUT2D eigenvalue weighted by Gasteiger charge is -2.16. The third-order valence-corrected chi connectivity index (χ3v) is 5.23. The van der Waals surface area contributed by atoms with E-state index in [1.807, 2.05) is 0 Å². The van der Waals surface area contributed by atoms with Crippen LogP contribution in [0.4, 0.5) is 0 Å². The fourth-order valence-corrected chi connectivity index (χ4v) is 3.59. The second kappa shape index (κ2) is 12.2. The SMILES string of the molecule is CCCCCCCOc1c(C)cc(OCCCCCBr)c2ccccc12. The van der Waals surface area contributed by atoms with Crippen LogP contribution < -0.4 is 9.47 Å². The summed E-state index contributed by atoms with van der Waals surface area (Å²) in [6.07, 6.45) is 9.78. The van der Waals surface area contributed by atoms with Crippen LogP contribution in [0.2, 0.25) is 0 Å². The van der Waals surface area contributed by atoms with E-state index in [2.05, 4.69) is 60.1 Å². The zero-order valence-corrected chi connectivity index (χ0v) is 17.9. The molecular weight excluding hydrogens is 388 g/mol. The molecular formula is C23H33BrO2. The van der Waals surface area contributed by atoms with E-state index >= 15 is 0 Å². The molecule has 0 N–H and O–H groups in total. The monoisotopic (exact) mass is 420 g/mol. The third kappa shape index (κ3) is 6.50. The molecule has 0 aliphatic rings. The van der Waals surface area contributed by atoms with Gasteiger partial charge >= 0.3 is 0 Å². The minimum atomic E-state index is 0.772. The summed E-state index contributed by atoms with van der Waals surface area (Å²) in [6.45, 7) is 5.93. The van der Waals surface area contributed by atoms with Gasteiger partial charge in [0.25, 0.3) is 0 Å². The number of hydrogen-bond acceptors (Lipinski definition) is 2. The Morgan fingerprint density at radius 3 is 2.19 bits per heavy atom. The van der Waals surface area contributed by atoms with Crippen molar-refractivity contribution < 1.29 is 9.47 Å². The van der Waals surface area contributed by atoms with Gasteiger partial charge in [0, 0.05) is 16.1 Å². The van der Waals surface area contributed by atoms with Gasteiger partial charge in [-0.15, -0.1) is 0 Å². The number of unbranched alkanes of at least 4 members (excludes halogenated alkanes) is 6. The quantitative estimate of drug-likeness (QED) is 0.247. The molecule has 144 valence electrons. The van der Waals surface area contributed by atoms with Gasteiger partial charge in [0.2, 0.25) is 0 Å². The van der Waals surface area contributed by atoms with Crippen molar-refractivity contribution in [1.82, 2.24) is 0 Å². The average Bonchev–Trinajstić information content (AvgIpc) is 2.66. The Labute approximate surface area is 167 Å². The minimum Gasteiger partial charge on any atom is -0.493 e. The van der Waals surface area contributed by atoms with Crippen molar-refractivity contribution in [1.29, 1.82) is 0 Å². The Morgan fingerprint density at radius 1 is 0.808 bits per heavy atom. The van der Waals surface area contributed by atoms with Gasteiger partial charge in [-0.3, -0.25) is 0 Å². The van der Waals surface area contributed by atoms with E-state index in [1.165, 1.54) is 38.5 Å². The predicted octanol–water partition coefficient (Wildman–Crippen LogP) is 7.44. The molecule has 0 heterocycles. The summed E-state index contributed by atoms with van der Waals surface area (Å²) in [5.41, 5.74) is 1.16. The summed E-state index contributed by atoms with van der Waals surface area (Å²) in [6, 6.07) is 10.6. The number of hydrogen-bond donors (Lipinski definition) is 0. The first-order valence-electron chi connectivity index (χ1n) is 10.1. The maximum absolute atomic E-state index is 6.18. The highest BCUT2D eigenvalue weighted by Gasteiger charge is 2.11. The van der Waals surface area contributed by atoms with Gasteiger partial charge < -0.3 is 9.47 Å². The zero-order chi connectivity index (χ0) is 18.6. The van der Waals surface area contributed by atoms with E-state index in [4.69, 9.17) is 9.47 Å². The second-order valence-corrected chi connectivity index (χ2v) is 7.72. The Kier molecular flexibility index (Phi) is 9.91. The van der Waals surface area contributed by atoms with Crippen LogP contribution in [0.25, 0.3) is 10.8 Å². The number of alkyl halides is 1. The van der Waals surface area contributed by atoms with E-state index in [1.54, 1.807) is 0 Å². The zero-order valence-electron chi connectivity index (χ0n) is 16.4. The first kappa shape index (κ1) is 21.1. The van der Waals surface area contributed by atoms with E-state index in [-0.39, 0.29) is 0 Å². The van der Waals surface area contributed by atoms with Crippen molar-refractivity contribution in [2.45, 2.75) is 65.2 Å². The lowest BCUT2D eigenvalue weighted by Crippen LogP contribution is -2.02. The number of fused-ring (bicyclic) bond motifs is 1. The molecule has 0 aliphatic carbocycles. The van der Waals surface area contributed by atoms with Crippen molar-refractivity contribution in [2.24, 2.45) is 0 Å². The van der Waals surface area contributed by atoms with Crippen LogP contribution >= 0.6 is 15.9 Å². The van der Waals surface area contributed by atoms with Gasteiger partial charge in [0.15, 0.2) is 0 Å². The molecule has 2 aromatic carbocycles. The van der Waals surface area contributed by atoms with Gasteiger partial charge in [-0.05, 0) is 44.2 Å². The third-order valence-electron chi connectivity index (χ3n) is 4.67. The van der Waals surface area contributed by atoms with Gasteiger partial charge in [0.05, 0.1) is 13.2 Å². The van der Waals surface area contributed by atoms with Crippen LogP contribution in [-0.2, 0) is 0 Å². The second-order valence-electron chi connectivity index (χ2n) is 6.93. The van der Waals surface area contributed by atoms with Gasteiger partial charge in [-0.2, -0.15) is 0 Å². The molecule has 3 heteroatoms. The highest BCUT2D eigenvalue weighted by molar-refractivity contribution is 9.09. The van der Waals surface area contributed by atoms with Crippen molar-refractivity contribution in [3.8, 4) is 11.5 Å². The summed E-state index contributed by atoms with van der Waals surface area (Å²) in [5.74, 6) is 2.00. The van der Waals surface area contributed by atoms with Crippen molar-refractivity contribution in [2.75, 3.05) is 18.5 Å². The molecule has 0 aliphatic heterocycles. The number of benzene rings is 2. The molecule has 0 saturated carbocycles. The van der Waals surface area contributed by atoms with E-state index < -0.39 is 0 Å². The summed E-state index contributed by atoms with van der Waals surface area (Å²) in [4.78, 5) is 0. The van der Waals surface area contributed by atoms with Crippen molar-refractivity contribution in [3.05, 3.63) is 35.9 Å². The molecule has 2 rings (SSSR count). The number of aryl methyl sites for hydroxylation is 1. The standard InChI is InChI=1S/C23H33BrO2/c1-3-4-5-6-11-17-26-23-19(2)18-22(25-16-12-7-10-15-24)20-13-8-9-14-21(20)23/h8-9,13-14,18H,3-7,10-12,15-17H2,1-2H3. The molecule has 0 radical (unpaired) electrons. The normalized spacial score (nSPS) is 11.0. The van der Waals surface area contributed by atoms with Gasteiger partial charge in [-0.25, -0.2) is 0 Å². The van der Waals surface area contributed by atoms with E-state index in [9.17, 15) is 0 Å². The number of rotatable bonds is 13. The minimum absolute atomic E-state index is 0.772. The Hall–Kier alpha value is -1.22. The van der Waals surface area contributed by atoms with Gasteiger partial charge in [0.1, 0.15) is 11.5 Å². The predicted molar refractivity (Wildman–Crippen MR) is 116 cm³/mol. The summed E-state index contributed by atoms with van der Waals surface area (Å²) >= 11 is 3.48. The number of ether oxygens (including phenoxy) is 2. The lowest BCUT2D eigenvalue weighted by molar-refractivity contribution is 0.300. The molecule has 0 amide bonds. The van der Waals surface area contributed by atoms with Crippen molar-refractivity contribution in [3.63, 3.8) is 0 Å². The molecule has 2 nitrogen and oxygen atoms in total. The van der Waals surface area contributed by atoms with Gasteiger partial charge in [-0.1, -0.05) is 72.8 Å². The molecule has 0 unspecified atom stereocenters. The molecule has 0 saturated heterocycles. The number of halogens is 1. The van der Waals surface area contributed by atoms with E-state index in [0.29, 0.717) is 0 Å². The summed E-state index contributed by atoms with van der Waals surface area (Å²) in [7, 11) is 0. The molecule has 0 spiro atoms.